The highest BCUT2D eigenvalue weighted by Crippen LogP contribution is 2.36. The molecule has 142 valence electrons. The van der Waals surface area contributed by atoms with Crippen LogP contribution in [0.5, 0.6) is 5.75 Å². The lowest BCUT2D eigenvalue weighted by Crippen LogP contribution is -2.31. The van der Waals surface area contributed by atoms with E-state index in [1.54, 1.807) is 24.6 Å². The highest BCUT2D eigenvalue weighted by atomic mass is 16.5. The molecule has 0 saturated carbocycles. The van der Waals surface area contributed by atoms with Crippen LogP contribution in [0.1, 0.15) is 17.4 Å². The monoisotopic (exact) mass is 375 g/mol. The summed E-state index contributed by atoms with van der Waals surface area (Å²) in [4.78, 5) is 10.8. The van der Waals surface area contributed by atoms with Crippen molar-refractivity contribution < 1.29 is 4.74 Å². The van der Waals surface area contributed by atoms with Gasteiger partial charge in [-0.25, -0.2) is 4.98 Å². The van der Waals surface area contributed by atoms with Crippen molar-refractivity contribution in [3.63, 3.8) is 0 Å². The Morgan fingerprint density at radius 3 is 2.68 bits per heavy atom. The highest BCUT2D eigenvalue weighted by Gasteiger charge is 2.23. The first-order valence-corrected chi connectivity index (χ1v) is 8.89. The third kappa shape index (κ3) is 3.37. The Labute approximate surface area is 163 Å². The van der Waals surface area contributed by atoms with E-state index >= 15 is 0 Å². The van der Waals surface area contributed by atoms with Crippen LogP contribution in [0.15, 0.2) is 71.3 Å². The number of methoxy groups -OCH3 is 1. The van der Waals surface area contributed by atoms with Crippen LogP contribution in [0, 0.1) is 6.92 Å². The molecule has 3 heterocycles. The Morgan fingerprint density at radius 2 is 1.93 bits per heavy atom. The first-order chi connectivity index (χ1) is 13.7. The highest BCUT2D eigenvalue weighted by molar-refractivity contribution is 5.71. The van der Waals surface area contributed by atoms with Gasteiger partial charge in [0.15, 0.2) is 6.17 Å². The number of nitrogens with zero attached hydrogens (tertiary/aromatic N) is 6. The molecule has 1 aliphatic heterocycles. The molecular weight excluding hydrogens is 354 g/mol. The molecule has 8 heteroatoms. The van der Waals surface area contributed by atoms with E-state index < -0.39 is 0 Å². The van der Waals surface area contributed by atoms with Gasteiger partial charge in [-0.1, -0.05) is 17.4 Å². The van der Waals surface area contributed by atoms with Gasteiger partial charge in [-0.2, -0.15) is 10.5 Å². The van der Waals surface area contributed by atoms with E-state index in [1.165, 1.54) is 0 Å². The standard InChI is InChI=1S/C20H21N7O/c1-14-7-6-12-22-20(14)26(2)17-10-9-15(13-18(17)28-3)27-24-19(23-25-27)16-8-4-5-11-21-16/h4-13,19,24H,1-3H3. The van der Waals surface area contributed by atoms with Crippen molar-refractivity contribution in [2.24, 2.45) is 10.3 Å². The molecule has 1 N–H and O–H groups in total. The number of aryl methyl sites for hydroxylation is 1. The maximum Gasteiger partial charge on any atom is 0.183 e. The Hall–Kier alpha value is -3.52. The average Bonchev–Trinajstić information content (AvgIpc) is 3.24. The van der Waals surface area contributed by atoms with Gasteiger partial charge >= 0.3 is 0 Å². The van der Waals surface area contributed by atoms with E-state index in [4.69, 9.17) is 4.74 Å². The third-order valence-corrected chi connectivity index (χ3v) is 4.54. The lowest BCUT2D eigenvalue weighted by molar-refractivity contribution is 0.415. The molecule has 1 unspecified atom stereocenters. The zero-order chi connectivity index (χ0) is 19.5. The number of hydrogen-bond donors (Lipinski definition) is 1. The molecule has 1 aromatic carbocycles. The number of nitrogens with one attached hydrogen (secondary N) is 1. The summed E-state index contributed by atoms with van der Waals surface area (Å²) < 4.78 is 5.63. The average molecular weight is 375 g/mol. The minimum Gasteiger partial charge on any atom is -0.494 e. The summed E-state index contributed by atoms with van der Waals surface area (Å²) in [7, 11) is 3.62. The minimum absolute atomic E-state index is 0.314. The second-order valence-corrected chi connectivity index (χ2v) is 6.36. The van der Waals surface area contributed by atoms with Crippen LogP contribution in [0.3, 0.4) is 0 Å². The van der Waals surface area contributed by atoms with Gasteiger partial charge in [0.05, 0.1) is 24.2 Å². The van der Waals surface area contributed by atoms with E-state index in [1.807, 2.05) is 67.4 Å². The Balaban J connectivity index is 1.58. The molecule has 0 bridgehead atoms. The lowest BCUT2D eigenvalue weighted by atomic mass is 10.2. The van der Waals surface area contributed by atoms with Crippen LogP contribution in [-0.2, 0) is 0 Å². The van der Waals surface area contributed by atoms with Crippen LogP contribution in [-0.4, -0.2) is 24.1 Å². The largest absolute Gasteiger partial charge is 0.494 e. The Morgan fingerprint density at radius 1 is 1.07 bits per heavy atom. The summed E-state index contributed by atoms with van der Waals surface area (Å²) in [6.45, 7) is 2.03. The first-order valence-electron chi connectivity index (χ1n) is 8.89. The van der Waals surface area contributed by atoms with Crippen LogP contribution in [0.2, 0.25) is 0 Å². The molecule has 0 aliphatic carbocycles. The van der Waals surface area contributed by atoms with Gasteiger partial charge < -0.3 is 9.64 Å². The molecule has 1 atom stereocenters. The number of hydrogen-bond acceptors (Lipinski definition) is 8. The van der Waals surface area contributed by atoms with E-state index in [-0.39, 0.29) is 6.17 Å². The van der Waals surface area contributed by atoms with E-state index in [9.17, 15) is 0 Å². The number of hydrazine groups is 1. The number of anilines is 3. The molecule has 0 spiro atoms. The van der Waals surface area contributed by atoms with Crippen molar-refractivity contribution in [3.8, 4) is 5.75 Å². The summed E-state index contributed by atoms with van der Waals surface area (Å²) in [6, 6.07) is 15.5. The third-order valence-electron chi connectivity index (χ3n) is 4.54. The lowest BCUT2D eigenvalue weighted by Gasteiger charge is -2.24. The summed E-state index contributed by atoms with van der Waals surface area (Å²) in [5, 5.41) is 10.1. The summed E-state index contributed by atoms with van der Waals surface area (Å²) in [5.41, 5.74) is 6.84. The second kappa shape index (κ2) is 7.61. The summed E-state index contributed by atoms with van der Waals surface area (Å²) >= 11 is 0. The first kappa shape index (κ1) is 17.9. The van der Waals surface area contributed by atoms with Crippen LogP contribution < -0.4 is 20.2 Å². The molecular formula is C20H21N7O. The van der Waals surface area contributed by atoms with Crippen molar-refractivity contribution in [1.29, 1.82) is 0 Å². The number of aromatic nitrogens is 2. The molecule has 1 aliphatic rings. The summed E-state index contributed by atoms with van der Waals surface area (Å²) in [6.07, 6.45) is 3.21. The van der Waals surface area contributed by atoms with Gasteiger partial charge in [0.25, 0.3) is 0 Å². The maximum atomic E-state index is 5.63. The SMILES string of the molecule is COc1cc(N2N=NC(c3ccccn3)N2)ccc1N(C)c1ncccc1C. The molecule has 4 rings (SSSR count). The predicted octanol–water partition coefficient (Wildman–Crippen LogP) is 3.95. The van der Waals surface area contributed by atoms with Gasteiger partial charge in [-0.3, -0.25) is 4.98 Å². The molecule has 0 fully saturated rings. The van der Waals surface area contributed by atoms with Gasteiger partial charge in [0.2, 0.25) is 0 Å². The van der Waals surface area contributed by atoms with E-state index in [0.29, 0.717) is 5.75 Å². The quantitative estimate of drug-likeness (QED) is 0.727. The number of rotatable bonds is 5. The van der Waals surface area contributed by atoms with Gasteiger partial charge in [0.1, 0.15) is 11.6 Å². The fourth-order valence-corrected chi connectivity index (χ4v) is 3.08. The number of ether oxygens (including phenoxy) is 1. The fourth-order valence-electron chi connectivity index (χ4n) is 3.08. The van der Waals surface area contributed by atoms with Gasteiger partial charge in [0, 0.05) is 25.5 Å². The minimum atomic E-state index is -0.314. The topological polar surface area (TPSA) is 78.2 Å². The van der Waals surface area contributed by atoms with Gasteiger partial charge in [-0.05, 0) is 42.8 Å². The molecule has 0 radical (unpaired) electrons. The Bertz CT molecular complexity index is 993. The molecule has 3 aromatic rings. The zero-order valence-corrected chi connectivity index (χ0v) is 15.9. The summed E-state index contributed by atoms with van der Waals surface area (Å²) in [5.74, 6) is 1.59. The molecule has 8 nitrogen and oxygen atoms in total. The van der Waals surface area contributed by atoms with E-state index in [2.05, 4.69) is 25.7 Å². The van der Waals surface area contributed by atoms with Crippen molar-refractivity contribution >= 4 is 17.2 Å². The number of benzene rings is 1. The normalized spacial score (nSPS) is 15.7. The van der Waals surface area contributed by atoms with Crippen molar-refractivity contribution in [3.05, 3.63) is 72.2 Å². The molecule has 0 amide bonds. The van der Waals surface area contributed by atoms with Crippen LogP contribution in [0.4, 0.5) is 17.2 Å². The molecule has 28 heavy (non-hydrogen) atoms. The molecule has 0 saturated heterocycles. The van der Waals surface area contributed by atoms with Crippen molar-refractivity contribution in [1.82, 2.24) is 15.4 Å². The smallest absolute Gasteiger partial charge is 0.183 e. The zero-order valence-electron chi connectivity index (χ0n) is 15.9. The van der Waals surface area contributed by atoms with E-state index in [0.717, 1.165) is 28.5 Å². The fraction of sp³-hybridized carbons (Fsp3) is 0.200. The van der Waals surface area contributed by atoms with Crippen molar-refractivity contribution in [2.75, 3.05) is 24.2 Å². The Kier molecular flexibility index (Phi) is 4.86. The maximum absolute atomic E-state index is 5.63. The molecule has 2 aromatic heterocycles. The van der Waals surface area contributed by atoms with Crippen LogP contribution >= 0.6 is 0 Å². The second-order valence-electron chi connectivity index (χ2n) is 6.36. The van der Waals surface area contributed by atoms with Gasteiger partial charge in [-0.15, -0.1) is 5.11 Å². The van der Waals surface area contributed by atoms with Crippen molar-refractivity contribution in [2.45, 2.75) is 13.1 Å². The predicted molar refractivity (Wildman–Crippen MR) is 107 cm³/mol. The van der Waals surface area contributed by atoms with Crippen LogP contribution in [0.25, 0.3) is 0 Å². The number of pyridine rings is 2.